The summed E-state index contributed by atoms with van der Waals surface area (Å²) < 4.78 is 4.92. The highest BCUT2D eigenvalue weighted by Gasteiger charge is 2.06. The van der Waals surface area contributed by atoms with E-state index in [9.17, 15) is 4.79 Å². The highest BCUT2D eigenvalue weighted by molar-refractivity contribution is 5.77. The van der Waals surface area contributed by atoms with Gasteiger partial charge in [0.2, 0.25) is 5.91 Å². The number of nitrogens with one attached hydrogen (secondary N) is 1. The van der Waals surface area contributed by atoms with E-state index >= 15 is 0 Å². The van der Waals surface area contributed by atoms with Crippen LogP contribution in [0.1, 0.15) is 19.8 Å². The number of hydrogen-bond acceptors (Lipinski definition) is 3. The van der Waals surface area contributed by atoms with Crippen molar-refractivity contribution in [3.63, 3.8) is 0 Å². The summed E-state index contributed by atoms with van der Waals surface area (Å²) >= 11 is 0. The molecule has 0 heterocycles. The molecule has 0 aliphatic rings. The Morgan fingerprint density at radius 2 is 2.21 bits per heavy atom. The van der Waals surface area contributed by atoms with Gasteiger partial charge >= 0.3 is 0 Å². The summed E-state index contributed by atoms with van der Waals surface area (Å²) in [6.07, 6.45) is 1.95. The van der Waals surface area contributed by atoms with Gasteiger partial charge in [-0.25, -0.2) is 0 Å². The molecule has 4 nitrogen and oxygen atoms in total. The van der Waals surface area contributed by atoms with Crippen LogP contribution in [0.2, 0.25) is 0 Å². The second-order valence-corrected chi connectivity index (χ2v) is 3.34. The monoisotopic (exact) mass is 202 g/mol. The average molecular weight is 202 g/mol. The van der Waals surface area contributed by atoms with Crippen molar-refractivity contribution in [1.29, 1.82) is 0 Å². The maximum Gasteiger partial charge on any atom is 0.236 e. The smallest absolute Gasteiger partial charge is 0.236 e. The van der Waals surface area contributed by atoms with Crippen LogP contribution >= 0.6 is 0 Å². The van der Waals surface area contributed by atoms with Crippen LogP contribution in [-0.4, -0.2) is 51.2 Å². The molecule has 0 fully saturated rings. The molecular weight excluding hydrogens is 180 g/mol. The van der Waals surface area contributed by atoms with Crippen molar-refractivity contribution >= 4 is 5.91 Å². The van der Waals surface area contributed by atoms with E-state index in [2.05, 4.69) is 12.2 Å². The van der Waals surface area contributed by atoms with Crippen LogP contribution in [0.25, 0.3) is 0 Å². The van der Waals surface area contributed by atoms with E-state index in [-0.39, 0.29) is 5.91 Å². The number of hydrogen-bond donors (Lipinski definition) is 1. The zero-order valence-electron chi connectivity index (χ0n) is 9.51. The van der Waals surface area contributed by atoms with Crippen molar-refractivity contribution in [3.8, 4) is 0 Å². The number of rotatable bonds is 8. The Kier molecular flexibility index (Phi) is 8.57. The summed E-state index contributed by atoms with van der Waals surface area (Å²) in [7, 11) is 3.50. The largest absolute Gasteiger partial charge is 0.385 e. The second-order valence-electron chi connectivity index (χ2n) is 3.34. The van der Waals surface area contributed by atoms with Gasteiger partial charge in [-0.1, -0.05) is 6.92 Å². The first-order valence-corrected chi connectivity index (χ1v) is 5.16. The molecule has 0 aliphatic carbocycles. The lowest BCUT2D eigenvalue weighted by Crippen LogP contribution is -2.36. The van der Waals surface area contributed by atoms with Gasteiger partial charge in [-0.15, -0.1) is 0 Å². The highest BCUT2D eigenvalue weighted by Crippen LogP contribution is 1.88. The number of amides is 1. The number of ether oxygens (including phenoxy) is 1. The topological polar surface area (TPSA) is 41.6 Å². The third-order valence-corrected chi connectivity index (χ3v) is 1.97. The van der Waals surface area contributed by atoms with Crippen LogP contribution in [0.5, 0.6) is 0 Å². The number of carbonyl (C=O) groups excluding carboxylic acids is 1. The minimum Gasteiger partial charge on any atom is -0.385 e. The molecule has 84 valence electrons. The van der Waals surface area contributed by atoms with E-state index < -0.39 is 0 Å². The molecule has 0 unspecified atom stereocenters. The van der Waals surface area contributed by atoms with Crippen LogP contribution in [0.4, 0.5) is 0 Å². The Morgan fingerprint density at radius 3 is 2.79 bits per heavy atom. The molecule has 0 aromatic carbocycles. The fourth-order valence-electron chi connectivity index (χ4n) is 1.08. The predicted octanol–water partition coefficient (Wildman–Crippen LogP) is 0.481. The molecule has 0 spiro atoms. The van der Waals surface area contributed by atoms with Crippen molar-refractivity contribution in [1.82, 2.24) is 10.2 Å². The number of nitrogens with zero attached hydrogens (tertiary/aromatic N) is 1. The van der Waals surface area contributed by atoms with Crippen LogP contribution < -0.4 is 5.32 Å². The summed E-state index contributed by atoms with van der Waals surface area (Å²) in [5.41, 5.74) is 0. The molecule has 0 saturated heterocycles. The molecular formula is C10H22N2O2. The first-order valence-electron chi connectivity index (χ1n) is 5.16. The highest BCUT2D eigenvalue weighted by atomic mass is 16.5. The Labute approximate surface area is 86.6 Å². The summed E-state index contributed by atoms with van der Waals surface area (Å²) in [6, 6.07) is 0. The molecule has 1 amide bonds. The number of methoxy groups -OCH3 is 1. The van der Waals surface area contributed by atoms with Gasteiger partial charge in [-0.2, -0.15) is 0 Å². The molecule has 0 aliphatic heterocycles. The molecule has 0 atom stereocenters. The normalized spacial score (nSPS) is 10.2. The van der Waals surface area contributed by atoms with Crippen LogP contribution in [-0.2, 0) is 9.53 Å². The lowest BCUT2D eigenvalue weighted by atomic mass is 10.4. The molecule has 0 rings (SSSR count). The summed E-state index contributed by atoms with van der Waals surface area (Å²) in [6.45, 7) is 4.90. The third kappa shape index (κ3) is 6.86. The van der Waals surface area contributed by atoms with Gasteiger partial charge in [-0.3, -0.25) is 4.79 Å². The van der Waals surface area contributed by atoms with Crippen LogP contribution in [0.3, 0.4) is 0 Å². The lowest BCUT2D eigenvalue weighted by Gasteiger charge is -2.16. The van der Waals surface area contributed by atoms with Gasteiger partial charge in [0.1, 0.15) is 0 Å². The van der Waals surface area contributed by atoms with Crippen molar-refractivity contribution in [2.24, 2.45) is 0 Å². The second kappa shape index (κ2) is 8.97. The number of carbonyl (C=O) groups is 1. The predicted molar refractivity (Wildman–Crippen MR) is 57.3 cm³/mol. The number of likely N-dealkylation sites (N-methyl/N-ethyl adjacent to an activating group) is 1. The van der Waals surface area contributed by atoms with E-state index in [0.29, 0.717) is 13.2 Å². The van der Waals surface area contributed by atoms with Crippen molar-refractivity contribution in [2.75, 3.05) is 40.4 Å². The van der Waals surface area contributed by atoms with E-state index in [4.69, 9.17) is 4.74 Å². The molecule has 0 bridgehead atoms. The lowest BCUT2D eigenvalue weighted by molar-refractivity contribution is -0.129. The van der Waals surface area contributed by atoms with Gasteiger partial charge in [0.25, 0.3) is 0 Å². The molecule has 4 heteroatoms. The summed E-state index contributed by atoms with van der Waals surface area (Å²) in [5.74, 6) is 0.148. The Bertz CT molecular complexity index is 151. The molecule has 0 aromatic rings. The first kappa shape index (κ1) is 13.4. The van der Waals surface area contributed by atoms with E-state index in [1.54, 1.807) is 12.0 Å². The van der Waals surface area contributed by atoms with Gasteiger partial charge in [0.05, 0.1) is 6.54 Å². The summed E-state index contributed by atoms with van der Waals surface area (Å²) in [5, 5.41) is 3.08. The fraction of sp³-hybridized carbons (Fsp3) is 0.900. The molecule has 0 radical (unpaired) electrons. The zero-order valence-corrected chi connectivity index (χ0v) is 9.51. The third-order valence-electron chi connectivity index (χ3n) is 1.97. The van der Waals surface area contributed by atoms with Gasteiger partial charge < -0.3 is 15.0 Å². The standard InChI is InChI=1S/C10H22N2O2/c1-4-6-11-9-10(13)12(2)7-5-8-14-3/h11H,4-9H2,1-3H3. The minimum atomic E-state index is 0.148. The maximum absolute atomic E-state index is 11.4. The quantitative estimate of drug-likeness (QED) is 0.582. The summed E-state index contributed by atoms with van der Waals surface area (Å²) in [4.78, 5) is 13.2. The van der Waals surface area contributed by atoms with Gasteiger partial charge in [0.15, 0.2) is 0 Å². The molecule has 0 saturated carbocycles. The van der Waals surface area contributed by atoms with Gasteiger partial charge in [-0.05, 0) is 19.4 Å². The van der Waals surface area contributed by atoms with Crippen LogP contribution in [0.15, 0.2) is 0 Å². The average Bonchev–Trinajstić information content (AvgIpc) is 2.18. The van der Waals surface area contributed by atoms with Crippen LogP contribution in [0, 0.1) is 0 Å². The van der Waals surface area contributed by atoms with Crippen molar-refractivity contribution in [3.05, 3.63) is 0 Å². The van der Waals surface area contributed by atoms with E-state index in [0.717, 1.165) is 25.9 Å². The minimum absolute atomic E-state index is 0.148. The SMILES string of the molecule is CCCNCC(=O)N(C)CCCOC. The Hall–Kier alpha value is -0.610. The van der Waals surface area contributed by atoms with E-state index in [1.807, 2.05) is 7.05 Å². The maximum atomic E-state index is 11.4. The first-order chi connectivity index (χ1) is 6.72. The molecule has 0 aromatic heterocycles. The van der Waals surface area contributed by atoms with E-state index in [1.165, 1.54) is 0 Å². The molecule has 14 heavy (non-hydrogen) atoms. The Balaban J connectivity index is 3.44. The fourth-order valence-corrected chi connectivity index (χ4v) is 1.08. The molecule has 1 N–H and O–H groups in total. The van der Waals surface area contributed by atoms with Gasteiger partial charge in [0, 0.05) is 27.3 Å². The van der Waals surface area contributed by atoms with Crippen molar-refractivity contribution in [2.45, 2.75) is 19.8 Å². The van der Waals surface area contributed by atoms with Crippen molar-refractivity contribution < 1.29 is 9.53 Å². The Morgan fingerprint density at radius 1 is 1.50 bits per heavy atom. The zero-order chi connectivity index (χ0) is 10.8.